The third kappa shape index (κ3) is 4.22. The van der Waals surface area contributed by atoms with Crippen molar-refractivity contribution in [3.63, 3.8) is 0 Å². The minimum atomic E-state index is 0. The molecule has 5 nitrogen and oxygen atoms in total. The quantitative estimate of drug-likeness (QED) is 0.761. The van der Waals surface area contributed by atoms with E-state index < -0.39 is 0 Å². The summed E-state index contributed by atoms with van der Waals surface area (Å²) in [4.78, 5) is 15.9. The largest absolute Gasteiger partial charge is 0.314 e. The van der Waals surface area contributed by atoms with Crippen LogP contribution in [0.5, 0.6) is 0 Å². The first-order chi connectivity index (χ1) is 11.9. The number of piperazine rings is 1. The number of nitrogens with one attached hydrogen (secondary N) is 1. The lowest BCUT2D eigenvalue weighted by molar-refractivity contribution is 0.152. The van der Waals surface area contributed by atoms with Crippen LogP contribution in [0.25, 0.3) is 10.7 Å². The number of hydrogen-bond acceptors (Lipinski definition) is 6. The van der Waals surface area contributed by atoms with E-state index in [2.05, 4.69) is 31.6 Å². The Morgan fingerprint density at radius 2 is 2.16 bits per heavy atom. The normalized spacial score (nSPS) is 17.8. The molecular formula is C18H20ClN5S. The number of halogens is 1. The van der Waals surface area contributed by atoms with Crippen LogP contribution in [0.1, 0.15) is 17.3 Å². The highest BCUT2D eigenvalue weighted by Crippen LogP contribution is 2.26. The Bertz CT molecular complexity index is 780. The van der Waals surface area contributed by atoms with Crippen molar-refractivity contribution in [2.24, 2.45) is 0 Å². The van der Waals surface area contributed by atoms with Gasteiger partial charge in [-0.1, -0.05) is 12.1 Å². The van der Waals surface area contributed by atoms with Crippen molar-refractivity contribution in [1.29, 1.82) is 0 Å². The van der Waals surface area contributed by atoms with Crippen LogP contribution in [0.3, 0.4) is 0 Å². The van der Waals surface area contributed by atoms with Gasteiger partial charge in [0.1, 0.15) is 5.01 Å². The summed E-state index contributed by atoms with van der Waals surface area (Å²) >= 11 is 1.66. The molecule has 0 saturated carbocycles. The van der Waals surface area contributed by atoms with Gasteiger partial charge in [-0.2, -0.15) is 0 Å². The Balaban J connectivity index is 0.00000182. The molecule has 1 atom stereocenters. The van der Waals surface area contributed by atoms with E-state index >= 15 is 0 Å². The maximum atomic E-state index is 4.78. The summed E-state index contributed by atoms with van der Waals surface area (Å²) in [7, 11) is 0. The molecule has 0 spiro atoms. The van der Waals surface area contributed by atoms with Crippen molar-refractivity contribution in [2.45, 2.75) is 12.6 Å². The number of hydrogen-bond donors (Lipinski definition) is 1. The van der Waals surface area contributed by atoms with Crippen molar-refractivity contribution in [3.8, 4) is 10.7 Å². The lowest BCUT2D eigenvalue weighted by Crippen LogP contribution is -2.45. The van der Waals surface area contributed by atoms with Gasteiger partial charge in [0.05, 0.1) is 11.4 Å². The van der Waals surface area contributed by atoms with Crippen LogP contribution in [-0.4, -0.2) is 39.5 Å². The van der Waals surface area contributed by atoms with Crippen LogP contribution in [0.15, 0.2) is 54.3 Å². The molecular weight excluding hydrogens is 354 g/mol. The molecule has 4 rings (SSSR count). The predicted octanol–water partition coefficient (Wildman–Crippen LogP) is 3.17. The fourth-order valence-electron chi connectivity index (χ4n) is 3.03. The minimum Gasteiger partial charge on any atom is -0.314 e. The van der Waals surface area contributed by atoms with Gasteiger partial charge >= 0.3 is 0 Å². The zero-order valence-corrected chi connectivity index (χ0v) is 15.3. The minimum absolute atomic E-state index is 0. The van der Waals surface area contributed by atoms with Gasteiger partial charge in [-0.3, -0.25) is 14.9 Å². The summed E-state index contributed by atoms with van der Waals surface area (Å²) in [6, 6.07) is 10.4. The number of pyridine rings is 2. The van der Waals surface area contributed by atoms with Crippen LogP contribution < -0.4 is 5.32 Å². The van der Waals surface area contributed by atoms with Crippen molar-refractivity contribution < 1.29 is 0 Å². The van der Waals surface area contributed by atoms with E-state index in [1.807, 2.05) is 42.9 Å². The van der Waals surface area contributed by atoms with Gasteiger partial charge in [0.25, 0.3) is 0 Å². The van der Waals surface area contributed by atoms with Crippen LogP contribution in [0.4, 0.5) is 0 Å². The molecule has 7 heteroatoms. The molecule has 0 bridgehead atoms. The highest BCUT2D eigenvalue weighted by atomic mass is 35.5. The Morgan fingerprint density at radius 1 is 1.20 bits per heavy atom. The van der Waals surface area contributed by atoms with Gasteiger partial charge in [-0.05, 0) is 23.8 Å². The van der Waals surface area contributed by atoms with Gasteiger partial charge in [0.15, 0.2) is 0 Å². The average molecular weight is 374 g/mol. The number of rotatable bonds is 4. The predicted molar refractivity (Wildman–Crippen MR) is 103 cm³/mol. The second kappa shape index (κ2) is 8.49. The first-order valence-electron chi connectivity index (χ1n) is 8.10. The first-order valence-corrected chi connectivity index (χ1v) is 8.98. The zero-order chi connectivity index (χ0) is 16.2. The van der Waals surface area contributed by atoms with Crippen LogP contribution >= 0.6 is 23.7 Å². The van der Waals surface area contributed by atoms with Gasteiger partial charge in [0.2, 0.25) is 0 Å². The number of aromatic nitrogens is 3. The number of nitrogens with zero attached hydrogens (tertiary/aromatic N) is 4. The topological polar surface area (TPSA) is 53.9 Å². The smallest absolute Gasteiger partial charge is 0.142 e. The molecule has 0 amide bonds. The maximum Gasteiger partial charge on any atom is 0.142 e. The Morgan fingerprint density at radius 3 is 2.96 bits per heavy atom. The van der Waals surface area contributed by atoms with Gasteiger partial charge < -0.3 is 5.32 Å². The molecule has 0 aliphatic carbocycles. The first kappa shape index (κ1) is 17.9. The summed E-state index contributed by atoms with van der Waals surface area (Å²) in [5.41, 5.74) is 3.30. The van der Waals surface area contributed by atoms with Gasteiger partial charge in [-0.15, -0.1) is 23.7 Å². The Labute approximate surface area is 157 Å². The third-order valence-electron chi connectivity index (χ3n) is 4.22. The average Bonchev–Trinajstić information content (AvgIpc) is 3.12. The van der Waals surface area contributed by atoms with E-state index in [1.54, 1.807) is 11.3 Å². The number of thiazole rings is 1. The molecule has 130 valence electrons. The lowest BCUT2D eigenvalue weighted by Gasteiger charge is -2.35. The maximum absolute atomic E-state index is 4.78. The monoisotopic (exact) mass is 373 g/mol. The second-order valence-electron chi connectivity index (χ2n) is 5.84. The van der Waals surface area contributed by atoms with Gasteiger partial charge in [0, 0.05) is 56.2 Å². The molecule has 1 saturated heterocycles. The SMILES string of the molecule is Cl.c1ccc(-c2nc(CN3CCNCC3c3cccnc3)cs2)nc1. The fraction of sp³-hybridized carbons (Fsp3) is 0.278. The Kier molecular flexibility index (Phi) is 6.09. The molecule has 3 aromatic heterocycles. The molecule has 0 aromatic carbocycles. The van der Waals surface area contributed by atoms with E-state index in [-0.39, 0.29) is 12.4 Å². The lowest BCUT2D eigenvalue weighted by atomic mass is 10.1. The van der Waals surface area contributed by atoms with Crippen LogP contribution in [0, 0.1) is 0 Å². The Hall–Kier alpha value is -1.86. The van der Waals surface area contributed by atoms with Crippen molar-refractivity contribution in [2.75, 3.05) is 19.6 Å². The van der Waals surface area contributed by atoms with E-state index in [0.29, 0.717) is 6.04 Å². The molecule has 25 heavy (non-hydrogen) atoms. The van der Waals surface area contributed by atoms with Crippen molar-refractivity contribution in [1.82, 2.24) is 25.2 Å². The van der Waals surface area contributed by atoms with E-state index in [1.165, 1.54) is 5.56 Å². The summed E-state index contributed by atoms with van der Waals surface area (Å²) < 4.78 is 0. The highest BCUT2D eigenvalue weighted by Gasteiger charge is 2.24. The molecule has 1 N–H and O–H groups in total. The van der Waals surface area contributed by atoms with E-state index in [0.717, 1.165) is 42.6 Å². The van der Waals surface area contributed by atoms with Crippen LogP contribution in [-0.2, 0) is 6.54 Å². The molecule has 1 fully saturated rings. The van der Waals surface area contributed by atoms with Crippen molar-refractivity contribution in [3.05, 3.63) is 65.6 Å². The molecule has 0 radical (unpaired) electrons. The summed E-state index contributed by atoms with van der Waals surface area (Å²) in [6.07, 6.45) is 5.60. The fourth-order valence-corrected chi connectivity index (χ4v) is 3.82. The third-order valence-corrected chi connectivity index (χ3v) is 5.14. The highest BCUT2D eigenvalue weighted by molar-refractivity contribution is 7.13. The molecule has 1 aliphatic rings. The summed E-state index contributed by atoms with van der Waals surface area (Å²) in [5, 5.41) is 6.61. The summed E-state index contributed by atoms with van der Waals surface area (Å²) in [6.45, 7) is 3.82. The second-order valence-corrected chi connectivity index (χ2v) is 6.69. The van der Waals surface area contributed by atoms with E-state index in [4.69, 9.17) is 4.98 Å². The molecule has 3 aromatic rings. The molecule has 1 unspecified atom stereocenters. The molecule has 1 aliphatic heterocycles. The van der Waals surface area contributed by atoms with Crippen LogP contribution in [0.2, 0.25) is 0 Å². The van der Waals surface area contributed by atoms with Crippen molar-refractivity contribution >= 4 is 23.7 Å². The van der Waals surface area contributed by atoms with E-state index in [9.17, 15) is 0 Å². The zero-order valence-electron chi connectivity index (χ0n) is 13.7. The summed E-state index contributed by atoms with van der Waals surface area (Å²) in [5.74, 6) is 0. The molecule has 4 heterocycles. The van der Waals surface area contributed by atoms with Gasteiger partial charge in [-0.25, -0.2) is 4.98 Å². The standard InChI is InChI=1S/C18H19N5S.ClH/c1-2-7-21-16(5-1)18-22-15(13-24-18)12-23-9-8-20-11-17(23)14-4-3-6-19-10-14;/h1-7,10,13,17,20H,8-9,11-12H2;1H.